The standard InChI is InChI=1S/C22H33NO/c1-24-22-8-3-2-7-21(22)18-11-13-23(14-12-18)16-20-6-4-5-17-9-10-19(20)15-17/h2-3,7-8,17-20H,4-6,9-16H2,1H3. The van der Waals surface area contributed by atoms with Crippen LogP contribution in [0.4, 0.5) is 0 Å². The molecule has 2 saturated carbocycles. The monoisotopic (exact) mass is 327 g/mol. The lowest BCUT2D eigenvalue weighted by Crippen LogP contribution is -2.38. The Labute approximate surface area is 147 Å². The summed E-state index contributed by atoms with van der Waals surface area (Å²) in [5.41, 5.74) is 1.42. The van der Waals surface area contributed by atoms with Gasteiger partial charge in [-0.2, -0.15) is 0 Å². The van der Waals surface area contributed by atoms with Crippen LogP contribution < -0.4 is 4.74 Å². The Morgan fingerprint density at radius 1 is 1.00 bits per heavy atom. The fraction of sp³-hybridized carbons (Fsp3) is 0.727. The molecule has 3 unspecified atom stereocenters. The molecule has 1 aromatic rings. The van der Waals surface area contributed by atoms with Gasteiger partial charge in [-0.05, 0) is 80.5 Å². The molecule has 2 nitrogen and oxygen atoms in total. The smallest absolute Gasteiger partial charge is 0.122 e. The Morgan fingerprint density at radius 3 is 2.67 bits per heavy atom. The van der Waals surface area contributed by atoms with Crippen molar-refractivity contribution in [1.82, 2.24) is 4.90 Å². The van der Waals surface area contributed by atoms with E-state index in [9.17, 15) is 0 Å². The van der Waals surface area contributed by atoms with Gasteiger partial charge in [-0.15, -0.1) is 0 Å². The number of likely N-dealkylation sites (tertiary alicyclic amines) is 1. The van der Waals surface area contributed by atoms with E-state index in [2.05, 4.69) is 29.2 Å². The van der Waals surface area contributed by atoms with Gasteiger partial charge in [0.25, 0.3) is 0 Å². The summed E-state index contributed by atoms with van der Waals surface area (Å²) >= 11 is 0. The van der Waals surface area contributed by atoms with Gasteiger partial charge in [0, 0.05) is 6.54 Å². The van der Waals surface area contributed by atoms with Crippen LogP contribution in [0.1, 0.15) is 62.8 Å². The van der Waals surface area contributed by atoms with Crippen molar-refractivity contribution in [3.05, 3.63) is 29.8 Å². The van der Waals surface area contributed by atoms with E-state index >= 15 is 0 Å². The van der Waals surface area contributed by atoms with Crippen LogP contribution in [0.5, 0.6) is 5.75 Å². The molecule has 0 radical (unpaired) electrons. The predicted molar refractivity (Wildman–Crippen MR) is 99.6 cm³/mol. The van der Waals surface area contributed by atoms with E-state index in [-0.39, 0.29) is 0 Å². The number of nitrogens with zero attached hydrogens (tertiary/aromatic N) is 1. The van der Waals surface area contributed by atoms with Gasteiger partial charge in [-0.3, -0.25) is 0 Å². The first kappa shape index (κ1) is 16.4. The number of hydrogen-bond donors (Lipinski definition) is 0. The van der Waals surface area contributed by atoms with E-state index in [4.69, 9.17) is 4.74 Å². The maximum absolute atomic E-state index is 5.58. The SMILES string of the molecule is COc1ccccc1C1CCN(CC2CCCC3CCC2C3)CC1. The van der Waals surface area contributed by atoms with E-state index < -0.39 is 0 Å². The van der Waals surface area contributed by atoms with Gasteiger partial charge in [-0.25, -0.2) is 0 Å². The fourth-order valence-corrected chi connectivity index (χ4v) is 5.71. The van der Waals surface area contributed by atoms with Gasteiger partial charge >= 0.3 is 0 Å². The molecule has 1 aliphatic heterocycles. The van der Waals surface area contributed by atoms with Crippen LogP contribution >= 0.6 is 0 Å². The third-order valence-electron chi connectivity index (χ3n) is 7.09. The number of ether oxygens (including phenoxy) is 1. The van der Waals surface area contributed by atoms with Gasteiger partial charge in [0.1, 0.15) is 5.75 Å². The van der Waals surface area contributed by atoms with Crippen LogP contribution in [-0.4, -0.2) is 31.6 Å². The first-order valence-corrected chi connectivity index (χ1v) is 10.2. The summed E-state index contributed by atoms with van der Waals surface area (Å²) in [5.74, 6) is 4.88. The summed E-state index contributed by atoms with van der Waals surface area (Å²) in [7, 11) is 1.80. The van der Waals surface area contributed by atoms with Gasteiger partial charge < -0.3 is 9.64 Å². The first-order chi connectivity index (χ1) is 11.8. The van der Waals surface area contributed by atoms with E-state index in [0.717, 1.165) is 23.5 Å². The highest BCUT2D eigenvalue weighted by Gasteiger charge is 2.34. The predicted octanol–water partition coefficient (Wildman–Crippen LogP) is 5.09. The molecule has 2 heteroatoms. The zero-order valence-corrected chi connectivity index (χ0v) is 15.3. The van der Waals surface area contributed by atoms with Crippen molar-refractivity contribution in [2.24, 2.45) is 17.8 Å². The highest BCUT2D eigenvalue weighted by molar-refractivity contribution is 5.36. The van der Waals surface area contributed by atoms with Crippen LogP contribution in [-0.2, 0) is 0 Å². The molecule has 3 aliphatic rings. The van der Waals surface area contributed by atoms with Crippen molar-refractivity contribution < 1.29 is 4.74 Å². The minimum atomic E-state index is 0.683. The van der Waals surface area contributed by atoms with Gasteiger partial charge in [0.2, 0.25) is 0 Å². The van der Waals surface area contributed by atoms with Crippen molar-refractivity contribution in [2.45, 2.75) is 57.3 Å². The molecular weight excluding hydrogens is 294 g/mol. The Bertz CT molecular complexity index is 535. The quantitative estimate of drug-likeness (QED) is 0.763. The van der Waals surface area contributed by atoms with Crippen molar-refractivity contribution in [2.75, 3.05) is 26.7 Å². The molecular formula is C22H33NO. The summed E-state index contributed by atoms with van der Waals surface area (Å²) in [4.78, 5) is 2.77. The van der Waals surface area contributed by atoms with Crippen LogP contribution in [0, 0.1) is 17.8 Å². The van der Waals surface area contributed by atoms with Crippen LogP contribution in [0.15, 0.2) is 24.3 Å². The average molecular weight is 328 g/mol. The molecule has 1 heterocycles. The number of hydrogen-bond acceptors (Lipinski definition) is 2. The van der Waals surface area contributed by atoms with Gasteiger partial charge in [-0.1, -0.05) is 37.5 Å². The largest absolute Gasteiger partial charge is 0.496 e. The third kappa shape index (κ3) is 3.49. The van der Waals surface area contributed by atoms with Crippen molar-refractivity contribution >= 4 is 0 Å². The lowest BCUT2D eigenvalue weighted by atomic mass is 9.85. The number of benzene rings is 1. The minimum Gasteiger partial charge on any atom is -0.496 e. The zero-order chi connectivity index (χ0) is 16.4. The Kier molecular flexibility index (Phi) is 5.12. The lowest BCUT2D eigenvalue weighted by Gasteiger charge is -2.36. The lowest BCUT2D eigenvalue weighted by molar-refractivity contribution is 0.151. The Hall–Kier alpha value is -1.02. The molecule has 24 heavy (non-hydrogen) atoms. The topological polar surface area (TPSA) is 12.5 Å². The highest BCUT2D eigenvalue weighted by Crippen LogP contribution is 2.44. The molecule has 3 fully saturated rings. The number of rotatable bonds is 4. The average Bonchev–Trinajstić information content (AvgIpc) is 3.01. The normalized spacial score (nSPS) is 31.8. The molecule has 2 bridgehead atoms. The van der Waals surface area contributed by atoms with E-state index in [0.29, 0.717) is 5.92 Å². The van der Waals surface area contributed by atoms with E-state index in [1.165, 1.54) is 70.1 Å². The zero-order valence-electron chi connectivity index (χ0n) is 15.3. The summed E-state index contributed by atoms with van der Waals surface area (Å²) in [6.07, 6.45) is 11.7. The summed E-state index contributed by atoms with van der Waals surface area (Å²) in [5, 5.41) is 0. The molecule has 3 atom stereocenters. The molecule has 2 aliphatic carbocycles. The maximum Gasteiger partial charge on any atom is 0.122 e. The van der Waals surface area contributed by atoms with Crippen molar-refractivity contribution in [3.8, 4) is 5.75 Å². The Morgan fingerprint density at radius 2 is 1.83 bits per heavy atom. The molecule has 0 aromatic heterocycles. The van der Waals surface area contributed by atoms with Crippen molar-refractivity contribution in [1.29, 1.82) is 0 Å². The molecule has 0 N–H and O–H groups in total. The second-order valence-corrected chi connectivity index (χ2v) is 8.45. The minimum absolute atomic E-state index is 0.683. The number of piperidine rings is 1. The second kappa shape index (κ2) is 7.47. The molecule has 1 saturated heterocycles. The third-order valence-corrected chi connectivity index (χ3v) is 7.09. The number of fused-ring (bicyclic) bond motifs is 2. The van der Waals surface area contributed by atoms with Crippen LogP contribution in [0.3, 0.4) is 0 Å². The maximum atomic E-state index is 5.58. The van der Waals surface area contributed by atoms with E-state index in [1.807, 2.05) is 0 Å². The molecule has 132 valence electrons. The fourth-order valence-electron chi connectivity index (χ4n) is 5.71. The first-order valence-electron chi connectivity index (χ1n) is 10.2. The van der Waals surface area contributed by atoms with Gasteiger partial charge in [0.05, 0.1) is 7.11 Å². The molecule has 4 rings (SSSR count). The van der Waals surface area contributed by atoms with Gasteiger partial charge in [0.15, 0.2) is 0 Å². The van der Waals surface area contributed by atoms with E-state index in [1.54, 1.807) is 13.5 Å². The highest BCUT2D eigenvalue weighted by atomic mass is 16.5. The molecule has 0 spiro atoms. The molecule has 0 amide bonds. The second-order valence-electron chi connectivity index (χ2n) is 8.45. The van der Waals surface area contributed by atoms with Crippen LogP contribution in [0.2, 0.25) is 0 Å². The number of methoxy groups -OCH3 is 1. The summed E-state index contributed by atoms with van der Waals surface area (Å²) < 4.78 is 5.58. The Balaban J connectivity index is 1.33. The number of para-hydroxylation sites is 1. The molecule has 1 aromatic carbocycles. The summed E-state index contributed by atoms with van der Waals surface area (Å²) in [6, 6.07) is 8.62. The summed E-state index contributed by atoms with van der Waals surface area (Å²) in [6.45, 7) is 3.92. The van der Waals surface area contributed by atoms with Crippen molar-refractivity contribution in [3.63, 3.8) is 0 Å². The van der Waals surface area contributed by atoms with Crippen LogP contribution in [0.25, 0.3) is 0 Å².